The first-order chi connectivity index (χ1) is 13.8. The number of benzene rings is 2. The monoisotopic (exact) mass is 461 g/mol. The second-order valence-electron chi connectivity index (χ2n) is 8.21. The van der Waals surface area contributed by atoms with Crippen LogP contribution in [0, 0.1) is 0 Å². The Balaban J connectivity index is 1.92. The fourth-order valence-electron chi connectivity index (χ4n) is 3.35. The van der Waals surface area contributed by atoms with E-state index < -0.39 is 17.8 Å². The molecule has 0 spiro atoms. The predicted molar refractivity (Wildman–Crippen MR) is 118 cm³/mol. The number of carbonyl (C=O) groups excluding carboxylic acids is 1. The van der Waals surface area contributed by atoms with Gasteiger partial charge in [0.15, 0.2) is 0 Å². The van der Waals surface area contributed by atoms with Crippen LogP contribution in [0.1, 0.15) is 51.7 Å². The van der Waals surface area contributed by atoms with Crippen molar-refractivity contribution in [2.24, 2.45) is 0 Å². The second-order valence-corrected chi connectivity index (χ2v) is 9.06. The van der Waals surface area contributed by atoms with Gasteiger partial charge in [0.05, 0.1) is 17.5 Å². The van der Waals surface area contributed by atoms with Crippen molar-refractivity contribution in [3.05, 3.63) is 58.6 Å². The first-order valence-electron chi connectivity index (χ1n) is 9.93. The van der Waals surface area contributed by atoms with Crippen LogP contribution in [0.5, 0.6) is 0 Å². The molecule has 0 aromatic heterocycles. The summed E-state index contributed by atoms with van der Waals surface area (Å²) in [5, 5.41) is 10.8. The Morgan fingerprint density at radius 1 is 1.17 bits per heavy atom. The van der Waals surface area contributed by atoms with Crippen LogP contribution in [-0.2, 0) is 9.47 Å². The van der Waals surface area contributed by atoms with E-state index >= 15 is 0 Å². The van der Waals surface area contributed by atoms with Gasteiger partial charge in [-0.3, -0.25) is 0 Å². The molecular weight excluding hydrogens is 434 g/mol. The lowest BCUT2D eigenvalue weighted by molar-refractivity contribution is -0.0635. The smallest absolute Gasteiger partial charge is 0.419 e. The molecule has 1 saturated heterocycles. The number of aliphatic hydroxyl groups is 1. The molecular formula is C23H28BrNO4. The Morgan fingerprint density at radius 2 is 1.90 bits per heavy atom. The van der Waals surface area contributed by atoms with Gasteiger partial charge in [0.1, 0.15) is 11.7 Å². The van der Waals surface area contributed by atoms with E-state index in [-0.39, 0.29) is 6.10 Å². The molecule has 0 radical (unpaired) electrons. The highest BCUT2D eigenvalue weighted by Gasteiger charge is 2.28. The summed E-state index contributed by atoms with van der Waals surface area (Å²) in [6.45, 7) is 6.20. The summed E-state index contributed by atoms with van der Waals surface area (Å²) in [4.78, 5) is 14.5. The Labute approximate surface area is 180 Å². The van der Waals surface area contributed by atoms with Crippen molar-refractivity contribution >= 4 is 33.4 Å². The zero-order valence-electron chi connectivity index (χ0n) is 17.1. The molecule has 5 nitrogen and oxygen atoms in total. The van der Waals surface area contributed by atoms with E-state index in [1.54, 1.807) is 0 Å². The molecule has 1 N–H and O–H groups in total. The average molecular weight is 462 g/mol. The molecule has 2 atom stereocenters. The lowest BCUT2D eigenvalue weighted by atomic mass is 9.98. The summed E-state index contributed by atoms with van der Waals surface area (Å²) >= 11 is 3.57. The Morgan fingerprint density at radius 3 is 2.48 bits per heavy atom. The maximum Gasteiger partial charge on any atom is 0.419 e. The number of anilines is 2. The first-order valence-corrected chi connectivity index (χ1v) is 10.7. The second kappa shape index (κ2) is 9.28. The maximum atomic E-state index is 13.0. The zero-order chi connectivity index (χ0) is 21.0. The molecule has 6 heteroatoms. The summed E-state index contributed by atoms with van der Waals surface area (Å²) < 4.78 is 12.1. The largest absolute Gasteiger partial charge is 0.443 e. The molecule has 0 saturated carbocycles. The lowest BCUT2D eigenvalue weighted by Gasteiger charge is -2.29. The van der Waals surface area contributed by atoms with Gasteiger partial charge in [-0.1, -0.05) is 40.2 Å². The van der Waals surface area contributed by atoms with Crippen molar-refractivity contribution in [2.75, 3.05) is 11.5 Å². The van der Waals surface area contributed by atoms with Gasteiger partial charge in [0, 0.05) is 11.1 Å². The summed E-state index contributed by atoms with van der Waals surface area (Å²) in [5.41, 5.74) is 1.49. The number of nitrogens with zero attached hydrogens (tertiary/aromatic N) is 1. The SMILES string of the molecule is CC(C)(C)OC(=O)N(c1ccccc1)c1ccc(C(O)C2CCCCO2)c(Br)c1. The molecule has 3 rings (SSSR count). The molecule has 2 unspecified atom stereocenters. The van der Waals surface area contributed by atoms with Gasteiger partial charge in [-0.15, -0.1) is 0 Å². The van der Waals surface area contributed by atoms with E-state index in [0.717, 1.165) is 29.3 Å². The van der Waals surface area contributed by atoms with Gasteiger partial charge in [-0.2, -0.15) is 0 Å². The number of amides is 1. The third-order valence-corrected chi connectivity index (χ3v) is 5.41. The van der Waals surface area contributed by atoms with Gasteiger partial charge in [-0.25, -0.2) is 9.69 Å². The Kier molecular flexibility index (Phi) is 6.98. The summed E-state index contributed by atoms with van der Waals surface area (Å²) in [6.07, 6.45) is 1.54. The number of para-hydroxylation sites is 1. The average Bonchev–Trinajstić information content (AvgIpc) is 2.68. The Hall–Kier alpha value is -1.89. The number of ether oxygens (including phenoxy) is 2. The standard InChI is InChI=1S/C23H28BrNO4/c1-23(2,3)29-22(27)25(16-9-5-4-6-10-16)17-12-13-18(19(24)15-17)21(26)20-11-7-8-14-28-20/h4-6,9-10,12-13,15,20-21,26H,7-8,11,14H2,1-3H3. The highest BCUT2D eigenvalue weighted by atomic mass is 79.9. The molecule has 2 aromatic rings. The van der Waals surface area contributed by atoms with Crippen molar-refractivity contribution in [2.45, 2.75) is 57.8 Å². The molecule has 29 heavy (non-hydrogen) atoms. The van der Waals surface area contributed by atoms with Crippen LogP contribution < -0.4 is 4.90 Å². The third-order valence-electron chi connectivity index (χ3n) is 4.72. The molecule has 0 aliphatic carbocycles. The molecule has 0 bridgehead atoms. The molecule has 1 amide bonds. The first kappa shape index (κ1) is 21.8. The van der Waals surface area contributed by atoms with Gasteiger partial charge in [-0.05, 0) is 69.9 Å². The zero-order valence-corrected chi connectivity index (χ0v) is 18.7. The number of aliphatic hydroxyl groups excluding tert-OH is 1. The molecule has 2 aromatic carbocycles. The van der Waals surface area contributed by atoms with Crippen molar-refractivity contribution in [1.82, 2.24) is 0 Å². The van der Waals surface area contributed by atoms with E-state index in [2.05, 4.69) is 15.9 Å². The number of carbonyl (C=O) groups is 1. The molecule has 1 aliphatic heterocycles. The van der Waals surface area contributed by atoms with E-state index in [4.69, 9.17) is 9.47 Å². The third kappa shape index (κ3) is 5.59. The highest BCUT2D eigenvalue weighted by molar-refractivity contribution is 9.10. The van der Waals surface area contributed by atoms with E-state index in [1.165, 1.54) is 4.90 Å². The quantitative estimate of drug-likeness (QED) is 0.595. The molecule has 1 fully saturated rings. The lowest BCUT2D eigenvalue weighted by Crippen LogP contribution is -2.34. The molecule has 156 valence electrons. The number of rotatable bonds is 4. The van der Waals surface area contributed by atoms with Gasteiger partial charge in [0.25, 0.3) is 0 Å². The Bertz CT molecular complexity index is 829. The highest BCUT2D eigenvalue weighted by Crippen LogP contribution is 2.36. The summed E-state index contributed by atoms with van der Waals surface area (Å²) in [5.74, 6) is 0. The van der Waals surface area contributed by atoms with E-state index in [1.807, 2.05) is 69.3 Å². The number of hydrogen-bond donors (Lipinski definition) is 1. The maximum absolute atomic E-state index is 13.0. The molecule has 1 heterocycles. The minimum atomic E-state index is -0.717. The molecule has 1 aliphatic rings. The van der Waals surface area contributed by atoms with Crippen molar-refractivity contribution < 1.29 is 19.4 Å². The van der Waals surface area contributed by atoms with Crippen LogP contribution in [0.3, 0.4) is 0 Å². The number of halogens is 1. The van der Waals surface area contributed by atoms with Crippen LogP contribution in [0.2, 0.25) is 0 Å². The van der Waals surface area contributed by atoms with Crippen molar-refractivity contribution in [3.8, 4) is 0 Å². The fourth-order valence-corrected chi connectivity index (χ4v) is 3.96. The van der Waals surface area contributed by atoms with E-state index in [0.29, 0.717) is 18.0 Å². The topological polar surface area (TPSA) is 59.0 Å². The van der Waals surface area contributed by atoms with Crippen molar-refractivity contribution in [1.29, 1.82) is 0 Å². The van der Waals surface area contributed by atoms with E-state index in [9.17, 15) is 9.90 Å². The van der Waals surface area contributed by atoms with Crippen LogP contribution >= 0.6 is 15.9 Å². The van der Waals surface area contributed by atoms with Gasteiger partial charge in [0.2, 0.25) is 0 Å². The minimum absolute atomic E-state index is 0.206. The van der Waals surface area contributed by atoms with Crippen LogP contribution in [0.25, 0.3) is 0 Å². The number of hydrogen-bond acceptors (Lipinski definition) is 4. The fraction of sp³-hybridized carbons (Fsp3) is 0.435. The minimum Gasteiger partial charge on any atom is -0.443 e. The van der Waals surface area contributed by atoms with Crippen LogP contribution in [0.4, 0.5) is 16.2 Å². The van der Waals surface area contributed by atoms with Crippen LogP contribution in [-0.4, -0.2) is 29.5 Å². The summed E-state index contributed by atoms with van der Waals surface area (Å²) in [7, 11) is 0. The van der Waals surface area contributed by atoms with Crippen LogP contribution in [0.15, 0.2) is 53.0 Å². The normalized spacial score (nSPS) is 18.2. The van der Waals surface area contributed by atoms with Gasteiger partial charge < -0.3 is 14.6 Å². The summed E-state index contributed by atoms with van der Waals surface area (Å²) in [6, 6.07) is 14.9. The predicted octanol–water partition coefficient (Wildman–Crippen LogP) is 6.12. The van der Waals surface area contributed by atoms with Crippen molar-refractivity contribution in [3.63, 3.8) is 0 Å². The van der Waals surface area contributed by atoms with Gasteiger partial charge >= 0.3 is 6.09 Å².